The molecule has 1 N–H and O–H groups in total. The van der Waals surface area contributed by atoms with E-state index in [1.54, 1.807) is 0 Å². The molecule has 1 aromatic rings. The summed E-state index contributed by atoms with van der Waals surface area (Å²) in [6.07, 6.45) is 0.922. The van der Waals surface area contributed by atoms with Gasteiger partial charge in [-0.1, -0.05) is 6.92 Å². The van der Waals surface area contributed by atoms with Gasteiger partial charge in [-0.25, -0.2) is 0 Å². The highest BCUT2D eigenvalue weighted by atomic mass is 35.5. The van der Waals surface area contributed by atoms with Gasteiger partial charge in [0, 0.05) is 13.1 Å². The third-order valence-electron chi connectivity index (χ3n) is 1.90. The summed E-state index contributed by atoms with van der Waals surface area (Å²) in [4.78, 5) is 13.7. The molecule has 90 valence electrons. The third kappa shape index (κ3) is 3.46. The van der Waals surface area contributed by atoms with E-state index in [1.165, 1.54) is 7.11 Å². The van der Waals surface area contributed by atoms with Gasteiger partial charge in [-0.15, -0.1) is 0 Å². The fourth-order valence-electron chi connectivity index (χ4n) is 1.26. The topological polar surface area (TPSA) is 71.4 Å². The highest BCUT2D eigenvalue weighted by Crippen LogP contribution is 2.14. The maximum Gasteiger partial charge on any atom is 0.322 e. The minimum atomic E-state index is 0.0334. The molecule has 0 radical (unpaired) electrons. The van der Waals surface area contributed by atoms with Crippen molar-refractivity contribution in [1.82, 2.24) is 15.0 Å². The summed E-state index contributed by atoms with van der Waals surface area (Å²) in [6, 6.07) is 0.175. The number of hydrogen-bond donors (Lipinski definition) is 1. The molecule has 1 aromatic heterocycles. The number of rotatable bonds is 6. The SMILES string of the molecule is CCCN(CCO)c1nc(Cl)nc(OC)n1. The molecule has 0 saturated carbocycles. The molecule has 0 amide bonds. The number of aromatic nitrogens is 3. The van der Waals surface area contributed by atoms with Crippen LogP contribution in [0.15, 0.2) is 0 Å². The molecule has 0 aliphatic heterocycles. The van der Waals surface area contributed by atoms with E-state index in [9.17, 15) is 0 Å². The van der Waals surface area contributed by atoms with Crippen LogP contribution in [0.4, 0.5) is 5.95 Å². The summed E-state index contributed by atoms with van der Waals surface area (Å²) in [7, 11) is 1.46. The smallest absolute Gasteiger partial charge is 0.322 e. The molecule has 16 heavy (non-hydrogen) atoms. The third-order valence-corrected chi connectivity index (χ3v) is 2.07. The van der Waals surface area contributed by atoms with E-state index in [2.05, 4.69) is 15.0 Å². The molecule has 0 unspecified atom stereocenters. The van der Waals surface area contributed by atoms with Gasteiger partial charge in [0.25, 0.3) is 0 Å². The molecule has 1 rings (SSSR count). The first-order valence-electron chi connectivity index (χ1n) is 5.02. The number of methoxy groups -OCH3 is 1. The quantitative estimate of drug-likeness (QED) is 0.798. The van der Waals surface area contributed by atoms with Gasteiger partial charge >= 0.3 is 6.01 Å². The van der Waals surface area contributed by atoms with Crippen molar-refractivity contribution in [3.05, 3.63) is 5.28 Å². The number of ether oxygens (including phenoxy) is 1. The molecular formula is C9H15ClN4O2. The molecule has 0 atom stereocenters. The fraction of sp³-hybridized carbons (Fsp3) is 0.667. The van der Waals surface area contributed by atoms with Crippen molar-refractivity contribution in [1.29, 1.82) is 0 Å². The Hall–Kier alpha value is -1.14. The summed E-state index contributed by atoms with van der Waals surface area (Å²) in [5.74, 6) is 0.424. The maximum atomic E-state index is 8.94. The minimum absolute atomic E-state index is 0.0334. The number of hydrogen-bond acceptors (Lipinski definition) is 6. The van der Waals surface area contributed by atoms with Crippen LogP contribution in [0, 0.1) is 0 Å². The average molecular weight is 247 g/mol. The molecular weight excluding hydrogens is 232 g/mol. The molecule has 0 fully saturated rings. The average Bonchev–Trinajstić information content (AvgIpc) is 2.28. The van der Waals surface area contributed by atoms with Crippen LogP contribution in [0.3, 0.4) is 0 Å². The van der Waals surface area contributed by atoms with Crippen molar-refractivity contribution >= 4 is 17.5 Å². The summed E-state index contributed by atoms with van der Waals surface area (Å²) >= 11 is 5.74. The van der Waals surface area contributed by atoms with Gasteiger partial charge in [0.2, 0.25) is 11.2 Å². The zero-order chi connectivity index (χ0) is 12.0. The predicted octanol–water partition coefficient (Wildman–Crippen LogP) is 0.742. The fourth-order valence-corrected chi connectivity index (χ4v) is 1.41. The second kappa shape index (κ2) is 6.44. The number of aliphatic hydroxyl groups is 1. The molecule has 0 bridgehead atoms. The number of halogens is 1. The Labute approximate surface area is 99.3 Å². The van der Waals surface area contributed by atoms with Crippen molar-refractivity contribution in [3.8, 4) is 6.01 Å². The summed E-state index contributed by atoms with van der Waals surface area (Å²) in [5.41, 5.74) is 0. The monoisotopic (exact) mass is 246 g/mol. The molecule has 0 aromatic carbocycles. The number of nitrogens with zero attached hydrogens (tertiary/aromatic N) is 4. The second-order valence-electron chi connectivity index (χ2n) is 3.10. The van der Waals surface area contributed by atoms with E-state index in [0.717, 1.165) is 13.0 Å². The van der Waals surface area contributed by atoms with Gasteiger partial charge in [0.15, 0.2) is 0 Å². The van der Waals surface area contributed by atoms with Crippen molar-refractivity contribution in [2.45, 2.75) is 13.3 Å². The number of anilines is 1. The Bertz CT molecular complexity index is 331. The summed E-state index contributed by atoms with van der Waals surface area (Å²) in [6.45, 7) is 3.26. The van der Waals surface area contributed by atoms with Crippen molar-refractivity contribution in [2.75, 3.05) is 31.7 Å². The van der Waals surface area contributed by atoms with Gasteiger partial charge in [-0.2, -0.15) is 15.0 Å². The maximum absolute atomic E-state index is 8.94. The van der Waals surface area contributed by atoms with E-state index in [4.69, 9.17) is 21.4 Å². The standard InChI is InChI=1S/C9H15ClN4O2/c1-3-4-14(5-6-15)8-11-7(10)12-9(13-8)16-2/h15H,3-6H2,1-2H3. The Morgan fingerprint density at radius 1 is 1.31 bits per heavy atom. The number of aliphatic hydroxyl groups excluding tert-OH is 1. The first-order valence-corrected chi connectivity index (χ1v) is 5.40. The molecule has 1 heterocycles. The van der Waals surface area contributed by atoms with E-state index in [-0.39, 0.29) is 17.9 Å². The van der Waals surface area contributed by atoms with E-state index in [0.29, 0.717) is 12.5 Å². The van der Waals surface area contributed by atoms with Gasteiger partial charge in [0.05, 0.1) is 13.7 Å². The lowest BCUT2D eigenvalue weighted by molar-refractivity contribution is 0.300. The lowest BCUT2D eigenvalue weighted by atomic mass is 10.4. The predicted molar refractivity (Wildman–Crippen MR) is 61.0 cm³/mol. The van der Waals surface area contributed by atoms with Crippen LogP contribution in [-0.2, 0) is 0 Å². The Morgan fingerprint density at radius 2 is 2.06 bits per heavy atom. The van der Waals surface area contributed by atoms with Crippen LogP contribution in [-0.4, -0.2) is 46.9 Å². The van der Waals surface area contributed by atoms with Gasteiger partial charge < -0.3 is 14.7 Å². The molecule has 0 saturated heterocycles. The molecule has 7 heteroatoms. The van der Waals surface area contributed by atoms with Gasteiger partial charge in [-0.05, 0) is 18.0 Å². The normalized spacial score (nSPS) is 10.2. The molecule has 0 spiro atoms. The van der Waals surface area contributed by atoms with Crippen LogP contribution < -0.4 is 9.64 Å². The lowest BCUT2D eigenvalue weighted by Gasteiger charge is -2.20. The van der Waals surface area contributed by atoms with Gasteiger partial charge in [-0.3, -0.25) is 0 Å². The lowest BCUT2D eigenvalue weighted by Crippen LogP contribution is -2.29. The highest BCUT2D eigenvalue weighted by molar-refractivity contribution is 6.28. The largest absolute Gasteiger partial charge is 0.467 e. The molecule has 0 aliphatic carbocycles. The van der Waals surface area contributed by atoms with Crippen molar-refractivity contribution in [2.24, 2.45) is 0 Å². The van der Waals surface area contributed by atoms with Crippen LogP contribution in [0.25, 0.3) is 0 Å². The van der Waals surface area contributed by atoms with E-state index < -0.39 is 0 Å². The Balaban J connectivity index is 2.93. The van der Waals surface area contributed by atoms with Crippen molar-refractivity contribution < 1.29 is 9.84 Å². The van der Waals surface area contributed by atoms with Crippen LogP contribution in [0.2, 0.25) is 5.28 Å². The second-order valence-corrected chi connectivity index (χ2v) is 3.44. The highest BCUT2D eigenvalue weighted by Gasteiger charge is 2.11. The Kier molecular flexibility index (Phi) is 5.21. The first-order chi connectivity index (χ1) is 7.71. The molecule has 0 aliphatic rings. The van der Waals surface area contributed by atoms with E-state index >= 15 is 0 Å². The van der Waals surface area contributed by atoms with Gasteiger partial charge in [0.1, 0.15) is 0 Å². The molecule has 6 nitrogen and oxygen atoms in total. The Morgan fingerprint density at radius 3 is 2.62 bits per heavy atom. The first kappa shape index (κ1) is 12.9. The van der Waals surface area contributed by atoms with Crippen LogP contribution >= 0.6 is 11.6 Å². The zero-order valence-electron chi connectivity index (χ0n) is 9.35. The summed E-state index contributed by atoms with van der Waals surface area (Å²) < 4.78 is 4.91. The minimum Gasteiger partial charge on any atom is -0.467 e. The van der Waals surface area contributed by atoms with Crippen LogP contribution in [0.5, 0.6) is 6.01 Å². The van der Waals surface area contributed by atoms with Crippen molar-refractivity contribution in [3.63, 3.8) is 0 Å². The zero-order valence-corrected chi connectivity index (χ0v) is 10.1. The van der Waals surface area contributed by atoms with Crippen LogP contribution in [0.1, 0.15) is 13.3 Å². The van der Waals surface area contributed by atoms with E-state index in [1.807, 2.05) is 11.8 Å². The summed E-state index contributed by atoms with van der Waals surface area (Å²) in [5, 5.41) is 9.03.